The van der Waals surface area contributed by atoms with Crippen LogP contribution in [0.5, 0.6) is 5.75 Å². The fourth-order valence-corrected chi connectivity index (χ4v) is 1.78. The quantitative estimate of drug-likeness (QED) is 0.915. The number of nitrogens with one attached hydrogen (secondary N) is 1. The van der Waals surface area contributed by atoms with E-state index in [1.54, 1.807) is 12.1 Å². The topological polar surface area (TPSA) is 45.0 Å². The number of hydrogen-bond acceptors (Lipinski definition) is 3. The fraction of sp³-hybridized carbons (Fsp3) is 0.133. The molecule has 0 saturated carbocycles. The minimum Gasteiger partial charge on any atom is -0.497 e. The summed E-state index contributed by atoms with van der Waals surface area (Å²) in [4.78, 5) is 0. The van der Waals surface area contributed by atoms with Crippen LogP contribution in [-0.4, -0.2) is 7.11 Å². The molecule has 0 aliphatic carbocycles. The highest BCUT2D eigenvalue weighted by atomic mass is 19.4. The summed E-state index contributed by atoms with van der Waals surface area (Å²) in [6, 6.07) is 11.8. The van der Waals surface area contributed by atoms with E-state index in [-0.39, 0.29) is 11.4 Å². The average molecular weight is 292 g/mol. The Hall–Kier alpha value is -2.68. The molecule has 108 valence electrons. The Kier molecular flexibility index (Phi) is 4.03. The van der Waals surface area contributed by atoms with Crippen LogP contribution in [-0.2, 0) is 6.18 Å². The second kappa shape index (κ2) is 5.75. The molecule has 0 spiro atoms. The number of hydrogen-bond donors (Lipinski definition) is 1. The highest BCUT2D eigenvalue weighted by molar-refractivity contribution is 5.65. The van der Waals surface area contributed by atoms with Crippen molar-refractivity contribution in [2.45, 2.75) is 6.18 Å². The molecule has 0 radical (unpaired) electrons. The summed E-state index contributed by atoms with van der Waals surface area (Å²) in [5.74, 6) is 0.132. The minimum absolute atomic E-state index is 0.0759. The zero-order chi connectivity index (χ0) is 15.5. The van der Waals surface area contributed by atoms with Crippen LogP contribution in [0.4, 0.5) is 24.5 Å². The first-order valence-corrected chi connectivity index (χ1v) is 5.96. The molecule has 2 rings (SSSR count). The molecular weight excluding hydrogens is 281 g/mol. The maximum atomic E-state index is 13.0. The van der Waals surface area contributed by atoms with Gasteiger partial charge in [0, 0.05) is 5.69 Å². The predicted octanol–water partition coefficient (Wildman–Crippen LogP) is 4.33. The Morgan fingerprint density at radius 2 is 1.76 bits per heavy atom. The molecule has 0 bridgehead atoms. The SMILES string of the molecule is COc1ccc(Nc2ccc(C#N)cc2)c(C(F)(F)F)c1. The number of nitrogens with zero attached hydrogens (tertiary/aromatic N) is 1. The van der Waals surface area contributed by atoms with E-state index < -0.39 is 11.7 Å². The number of nitriles is 1. The van der Waals surface area contributed by atoms with E-state index in [1.807, 2.05) is 6.07 Å². The van der Waals surface area contributed by atoms with Crippen LogP contribution in [0, 0.1) is 11.3 Å². The van der Waals surface area contributed by atoms with Gasteiger partial charge >= 0.3 is 6.18 Å². The van der Waals surface area contributed by atoms with E-state index >= 15 is 0 Å². The van der Waals surface area contributed by atoms with Gasteiger partial charge in [-0.15, -0.1) is 0 Å². The average Bonchev–Trinajstić information content (AvgIpc) is 2.47. The largest absolute Gasteiger partial charge is 0.497 e. The number of alkyl halides is 3. The number of anilines is 2. The zero-order valence-corrected chi connectivity index (χ0v) is 11.0. The molecule has 0 unspecified atom stereocenters. The predicted molar refractivity (Wildman–Crippen MR) is 72.4 cm³/mol. The second-order valence-electron chi connectivity index (χ2n) is 4.22. The van der Waals surface area contributed by atoms with Crippen LogP contribution in [0.3, 0.4) is 0 Å². The van der Waals surface area contributed by atoms with Gasteiger partial charge in [0.2, 0.25) is 0 Å². The first-order valence-electron chi connectivity index (χ1n) is 5.96. The third-order valence-corrected chi connectivity index (χ3v) is 2.83. The normalized spacial score (nSPS) is 10.8. The highest BCUT2D eigenvalue weighted by Crippen LogP contribution is 2.38. The molecule has 0 heterocycles. The number of methoxy groups -OCH3 is 1. The summed E-state index contributed by atoms with van der Waals surface area (Å²) in [6.45, 7) is 0. The molecule has 0 atom stereocenters. The molecule has 0 amide bonds. The van der Waals surface area contributed by atoms with Crippen molar-refractivity contribution in [3.8, 4) is 11.8 Å². The summed E-state index contributed by atoms with van der Waals surface area (Å²) >= 11 is 0. The van der Waals surface area contributed by atoms with Gasteiger partial charge in [-0.3, -0.25) is 0 Å². The van der Waals surface area contributed by atoms with Gasteiger partial charge in [-0.25, -0.2) is 0 Å². The van der Waals surface area contributed by atoms with Crippen molar-refractivity contribution in [1.29, 1.82) is 5.26 Å². The fourth-order valence-electron chi connectivity index (χ4n) is 1.78. The number of rotatable bonds is 3. The van der Waals surface area contributed by atoms with Crippen molar-refractivity contribution in [2.24, 2.45) is 0 Å². The molecule has 2 aromatic rings. The van der Waals surface area contributed by atoms with Gasteiger partial charge < -0.3 is 10.1 Å². The molecule has 0 aromatic heterocycles. The molecule has 2 aromatic carbocycles. The summed E-state index contributed by atoms with van der Waals surface area (Å²) in [5.41, 5.74) is 0.00945. The van der Waals surface area contributed by atoms with Crippen LogP contribution >= 0.6 is 0 Å². The lowest BCUT2D eigenvalue weighted by Crippen LogP contribution is -2.09. The minimum atomic E-state index is -4.50. The van der Waals surface area contributed by atoms with Gasteiger partial charge in [-0.1, -0.05) is 0 Å². The van der Waals surface area contributed by atoms with Crippen molar-refractivity contribution < 1.29 is 17.9 Å². The lowest BCUT2D eigenvalue weighted by atomic mass is 10.1. The molecule has 0 saturated heterocycles. The number of ether oxygens (including phenoxy) is 1. The van der Waals surface area contributed by atoms with Gasteiger partial charge in [-0.2, -0.15) is 18.4 Å². The van der Waals surface area contributed by atoms with Crippen LogP contribution in [0.1, 0.15) is 11.1 Å². The van der Waals surface area contributed by atoms with Gasteiger partial charge in [0.1, 0.15) is 5.75 Å². The Morgan fingerprint density at radius 1 is 1.10 bits per heavy atom. The molecule has 1 N–H and O–H groups in total. The van der Waals surface area contributed by atoms with Crippen molar-refractivity contribution in [3.63, 3.8) is 0 Å². The Labute approximate surface area is 119 Å². The van der Waals surface area contributed by atoms with Crippen LogP contribution in [0.25, 0.3) is 0 Å². The van der Waals surface area contributed by atoms with Gasteiger partial charge in [0.25, 0.3) is 0 Å². The zero-order valence-electron chi connectivity index (χ0n) is 11.0. The third kappa shape index (κ3) is 3.45. The van der Waals surface area contributed by atoms with Crippen molar-refractivity contribution in [3.05, 3.63) is 53.6 Å². The standard InChI is InChI=1S/C15H11F3N2O/c1-21-12-6-7-14(13(8-12)15(16,17)18)20-11-4-2-10(9-19)3-5-11/h2-8,20H,1H3. The van der Waals surface area contributed by atoms with Gasteiger partial charge in [0.15, 0.2) is 0 Å². The number of halogens is 3. The molecule has 0 aliphatic heterocycles. The van der Waals surface area contributed by atoms with Crippen molar-refractivity contribution in [2.75, 3.05) is 12.4 Å². The molecule has 0 aliphatic rings. The molecular formula is C15H11F3N2O. The Balaban J connectivity index is 2.36. The third-order valence-electron chi connectivity index (χ3n) is 2.83. The summed E-state index contributed by atoms with van der Waals surface area (Å²) < 4.78 is 44.0. The van der Waals surface area contributed by atoms with Gasteiger partial charge in [-0.05, 0) is 42.5 Å². The lowest BCUT2D eigenvalue weighted by Gasteiger charge is -2.15. The smallest absolute Gasteiger partial charge is 0.418 e. The molecule has 21 heavy (non-hydrogen) atoms. The maximum Gasteiger partial charge on any atom is 0.418 e. The Morgan fingerprint density at radius 3 is 2.29 bits per heavy atom. The summed E-state index contributed by atoms with van der Waals surface area (Å²) in [6.07, 6.45) is -4.50. The second-order valence-corrected chi connectivity index (χ2v) is 4.22. The molecule has 6 heteroatoms. The summed E-state index contributed by atoms with van der Waals surface area (Å²) in [7, 11) is 1.31. The van der Waals surface area contributed by atoms with E-state index in [1.165, 1.54) is 31.4 Å². The molecule has 3 nitrogen and oxygen atoms in total. The van der Waals surface area contributed by atoms with Crippen LogP contribution in [0.2, 0.25) is 0 Å². The summed E-state index contributed by atoms with van der Waals surface area (Å²) in [5, 5.41) is 11.4. The van der Waals surface area contributed by atoms with E-state index in [0.717, 1.165) is 6.07 Å². The highest BCUT2D eigenvalue weighted by Gasteiger charge is 2.34. The lowest BCUT2D eigenvalue weighted by molar-refractivity contribution is -0.137. The Bertz CT molecular complexity index is 673. The number of benzene rings is 2. The van der Waals surface area contributed by atoms with Crippen LogP contribution < -0.4 is 10.1 Å². The van der Waals surface area contributed by atoms with Crippen molar-refractivity contribution in [1.82, 2.24) is 0 Å². The molecule has 0 fully saturated rings. The van der Waals surface area contributed by atoms with E-state index in [2.05, 4.69) is 5.32 Å². The van der Waals surface area contributed by atoms with E-state index in [9.17, 15) is 13.2 Å². The van der Waals surface area contributed by atoms with E-state index in [0.29, 0.717) is 11.3 Å². The monoisotopic (exact) mass is 292 g/mol. The first-order chi connectivity index (χ1) is 9.94. The maximum absolute atomic E-state index is 13.0. The van der Waals surface area contributed by atoms with Gasteiger partial charge in [0.05, 0.1) is 30.0 Å². The van der Waals surface area contributed by atoms with Crippen LogP contribution in [0.15, 0.2) is 42.5 Å². The van der Waals surface area contributed by atoms with E-state index in [4.69, 9.17) is 10.00 Å². The van der Waals surface area contributed by atoms with Crippen molar-refractivity contribution >= 4 is 11.4 Å². The first kappa shape index (κ1) is 14.7.